The molecule has 0 radical (unpaired) electrons. The number of fused-ring (bicyclic) bond motifs is 1. The van der Waals surface area contributed by atoms with Crippen LogP contribution in [0.25, 0.3) is 28.0 Å². The van der Waals surface area contributed by atoms with Gasteiger partial charge in [-0.2, -0.15) is 4.98 Å². The average Bonchev–Trinajstić information content (AvgIpc) is 3.59. The minimum atomic E-state index is -0.557. The molecule has 2 atom stereocenters. The molecule has 1 fully saturated rings. The second-order valence-corrected chi connectivity index (χ2v) is 11.0. The van der Waals surface area contributed by atoms with E-state index in [4.69, 9.17) is 27.8 Å². The van der Waals surface area contributed by atoms with Gasteiger partial charge in [0.1, 0.15) is 12.3 Å². The summed E-state index contributed by atoms with van der Waals surface area (Å²) in [7, 11) is 0. The maximum atomic E-state index is 15.2. The summed E-state index contributed by atoms with van der Waals surface area (Å²) >= 11 is 6.26. The van der Waals surface area contributed by atoms with Crippen molar-refractivity contribution in [3.05, 3.63) is 81.1 Å². The van der Waals surface area contributed by atoms with Crippen molar-refractivity contribution >= 4 is 34.7 Å². The third-order valence-corrected chi connectivity index (χ3v) is 7.67. The van der Waals surface area contributed by atoms with Gasteiger partial charge in [0.2, 0.25) is 0 Å². The number of nitrogens with two attached hydrogens (primary N) is 2. The topological polar surface area (TPSA) is 165 Å². The summed E-state index contributed by atoms with van der Waals surface area (Å²) in [5.41, 5.74) is 13.9. The minimum absolute atomic E-state index is 0.00812. The largest absolute Gasteiger partial charge is 0.447 e. The molecule has 226 valence electrons. The lowest BCUT2D eigenvalue weighted by molar-refractivity contribution is 0.176. The highest BCUT2D eigenvalue weighted by molar-refractivity contribution is 6.31. The van der Waals surface area contributed by atoms with Gasteiger partial charge in [0.15, 0.2) is 11.8 Å². The number of carbonyl (C=O) groups is 1. The van der Waals surface area contributed by atoms with Crippen LogP contribution in [-0.4, -0.2) is 52.3 Å². The number of nitrogens with zero attached hydrogens (tertiary/aromatic N) is 3. The number of rotatable bonds is 12. The lowest BCUT2D eigenvalue weighted by atomic mass is 10.0. The van der Waals surface area contributed by atoms with Crippen molar-refractivity contribution in [2.24, 2.45) is 16.5 Å². The second kappa shape index (κ2) is 13.3. The first-order valence-electron chi connectivity index (χ1n) is 14.1. The van der Waals surface area contributed by atoms with E-state index in [0.29, 0.717) is 47.6 Å². The molecule has 3 heterocycles. The van der Waals surface area contributed by atoms with Crippen LogP contribution in [0.15, 0.2) is 58.4 Å². The van der Waals surface area contributed by atoms with Crippen molar-refractivity contribution in [1.82, 2.24) is 25.2 Å². The van der Waals surface area contributed by atoms with Crippen molar-refractivity contribution in [2.45, 2.75) is 44.7 Å². The molecule has 11 nitrogen and oxygen atoms in total. The Hall–Kier alpha value is -4.42. The van der Waals surface area contributed by atoms with Gasteiger partial charge in [-0.25, -0.2) is 14.0 Å². The molecule has 13 heteroatoms. The van der Waals surface area contributed by atoms with E-state index in [-0.39, 0.29) is 23.1 Å². The number of carbonyl (C=O) groups excluding carboxylic acids is 1. The number of H-pyrrole nitrogens is 1. The molecule has 5 rings (SSSR count). The zero-order valence-corrected chi connectivity index (χ0v) is 24.5. The van der Waals surface area contributed by atoms with Crippen molar-refractivity contribution in [3.8, 4) is 16.9 Å². The predicted octanol–water partition coefficient (Wildman–Crippen LogP) is 3.92. The van der Waals surface area contributed by atoms with E-state index in [1.807, 2.05) is 24.3 Å². The number of hydrogen-bond donors (Lipinski definition) is 5. The number of hydrogen-bond acceptors (Lipinski definition) is 6. The summed E-state index contributed by atoms with van der Waals surface area (Å²) in [5, 5.41) is 6.84. The number of amides is 1. The fraction of sp³-hybridized carbons (Fsp3) is 0.333. The van der Waals surface area contributed by atoms with Crippen molar-refractivity contribution in [1.29, 1.82) is 0 Å². The predicted molar refractivity (Wildman–Crippen MR) is 165 cm³/mol. The van der Waals surface area contributed by atoms with Crippen LogP contribution in [0, 0.1) is 5.82 Å². The molecular weight excluding hydrogens is 575 g/mol. The van der Waals surface area contributed by atoms with Crippen LogP contribution in [-0.2, 0) is 11.2 Å². The van der Waals surface area contributed by atoms with Gasteiger partial charge >= 0.3 is 11.8 Å². The highest BCUT2D eigenvalue weighted by Gasteiger charge is 2.22. The summed E-state index contributed by atoms with van der Waals surface area (Å²) in [6, 6.07) is 12.8. The summed E-state index contributed by atoms with van der Waals surface area (Å²) in [4.78, 5) is 35.4. The van der Waals surface area contributed by atoms with Crippen LogP contribution in [0.4, 0.5) is 9.18 Å². The smallest absolute Gasteiger partial charge is 0.407 e. The monoisotopic (exact) mass is 608 g/mol. The Kier molecular flexibility index (Phi) is 9.27. The van der Waals surface area contributed by atoms with Crippen LogP contribution in [0.3, 0.4) is 0 Å². The van der Waals surface area contributed by atoms with Gasteiger partial charge in [0, 0.05) is 29.7 Å². The second-order valence-electron chi connectivity index (χ2n) is 10.6. The van der Waals surface area contributed by atoms with E-state index in [1.54, 1.807) is 24.4 Å². The summed E-state index contributed by atoms with van der Waals surface area (Å²) in [5.74, 6) is -0.470. The quantitative estimate of drug-likeness (QED) is 0.0923. The van der Waals surface area contributed by atoms with Gasteiger partial charge in [0.25, 0.3) is 0 Å². The van der Waals surface area contributed by atoms with Gasteiger partial charge in [-0.3, -0.25) is 9.56 Å². The highest BCUT2D eigenvalue weighted by atomic mass is 35.5. The number of alkyl carbamates (subject to hydrolysis) is 1. The fourth-order valence-corrected chi connectivity index (χ4v) is 5.33. The number of halogens is 2. The number of ether oxygens (including phenoxy) is 1. The Morgan fingerprint density at radius 2 is 2.02 bits per heavy atom. The molecule has 1 aliphatic rings. The van der Waals surface area contributed by atoms with E-state index in [0.717, 1.165) is 36.9 Å². The molecule has 0 spiro atoms. The number of cyclic esters (lactones) is 1. The Bertz CT molecular complexity index is 1700. The lowest BCUT2D eigenvalue weighted by Gasteiger charge is -2.15. The summed E-state index contributed by atoms with van der Waals surface area (Å²) in [6.45, 7) is 3.71. The zero-order valence-electron chi connectivity index (χ0n) is 23.7. The molecule has 7 N–H and O–H groups in total. The van der Waals surface area contributed by atoms with E-state index < -0.39 is 17.6 Å². The molecule has 0 unspecified atom stereocenters. The molecule has 2 aromatic heterocycles. The van der Waals surface area contributed by atoms with Crippen LogP contribution < -0.4 is 27.8 Å². The standard InChI is InChI=1S/C30H34ClFN8O3/c1-17(35-10-3-11-36-28(33)34)19-6-8-22(9-7-19)40-15-20-14-25(38-27(20)39-29(40)41)23-12-18(13-24(31)26(23)32)4-2-5-21-16-43-30(42)37-21/h6-9,12-15,17,21,35H,2-5,10-11,16H2,1H3,(H,37,42)(H4,33,34,36)(H,38,39,41)/t17-,21+/m0/s1. The van der Waals surface area contributed by atoms with Gasteiger partial charge < -0.3 is 31.8 Å². The number of aliphatic imine (C=N–C) groups is 1. The minimum Gasteiger partial charge on any atom is -0.447 e. The van der Waals surface area contributed by atoms with Crippen LogP contribution in [0.2, 0.25) is 5.02 Å². The van der Waals surface area contributed by atoms with Gasteiger partial charge in [0.05, 0.1) is 22.4 Å². The molecular formula is C30H34ClFN8O3. The molecule has 0 bridgehead atoms. The number of aromatic nitrogens is 3. The van der Waals surface area contributed by atoms with E-state index in [1.165, 1.54) is 4.57 Å². The summed E-state index contributed by atoms with van der Waals surface area (Å²) < 4.78 is 21.5. The lowest BCUT2D eigenvalue weighted by Crippen LogP contribution is -2.25. The normalized spacial score (nSPS) is 15.3. The number of aromatic amines is 1. The maximum Gasteiger partial charge on any atom is 0.407 e. The van der Waals surface area contributed by atoms with Crippen molar-refractivity contribution in [2.75, 3.05) is 19.7 Å². The fourth-order valence-electron chi connectivity index (χ4n) is 5.09. The molecule has 1 aliphatic heterocycles. The van der Waals surface area contributed by atoms with E-state index in [9.17, 15) is 9.59 Å². The molecule has 43 heavy (non-hydrogen) atoms. The number of benzene rings is 2. The number of aryl methyl sites for hydroxylation is 1. The highest BCUT2D eigenvalue weighted by Crippen LogP contribution is 2.31. The Morgan fingerprint density at radius 3 is 2.74 bits per heavy atom. The summed E-state index contributed by atoms with van der Waals surface area (Å²) in [6.07, 6.45) is 4.22. The Balaban J connectivity index is 1.30. The third-order valence-electron chi connectivity index (χ3n) is 7.39. The first kappa shape index (κ1) is 30.1. The molecule has 1 saturated heterocycles. The van der Waals surface area contributed by atoms with E-state index >= 15 is 4.39 Å². The first-order valence-corrected chi connectivity index (χ1v) is 14.5. The molecule has 0 aliphatic carbocycles. The van der Waals surface area contributed by atoms with Crippen molar-refractivity contribution in [3.63, 3.8) is 0 Å². The van der Waals surface area contributed by atoms with Gasteiger partial charge in [-0.1, -0.05) is 23.7 Å². The van der Waals surface area contributed by atoms with Crippen LogP contribution >= 0.6 is 11.6 Å². The number of nitrogens with one attached hydrogen (secondary N) is 3. The Labute approximate surface area is 252 Å². The Morgan fingerprint density at radius 1 is 1.23 bits per heavy atom. The average molecular weight is 609 g/mol. The first-order chi connectivity index (χ1) is 20.7. The maximum absolute atomic E-state index is 15.2. The van der Waals surface area contributed by atoms with Crippen LogP contribution in [0.1, 0.15) is 43.4 Å². The molecule has 1 amide bonds. The van der Waals surface area contributed by atoms with Gasteiger partial charge in [-0.05, 0) is 80.6 Å². The molecule has 0 saturated carbocycles. The third kappa shape index (κ3) is 7.33. The van der Waals surface area contributed by atoms with Crippen molar-refractivity contribution < 1.29 is 13.9 Å². The van der Waals surface area contributed by atoms with Crippen LogP contribution in [0.5, 0.6) is 0 Å². The molecule has 4 aromatic rings. The zero-order chi connectivity index (χ0) is 30.5. The van der Waals surface area contributed by atoms with Gasteiger partial charge in [-0.15, -0.1) is 0 Å². The number of guanidine groups is 1. The SMILES string of the molecule is C[C@H](NCCCN=C(N)N)c1ccc(-n2cc3cc(-c4cc(CCC[C@@H]5COC(=O)N5)cc(Cl)c4F)[nH]c3nc2=O)cc1. The molecule has 2 aromatic carbocycles. The van der Waals surface area contributed by atoms with E-state index in [2.05, 4.69) is 32.5 Å².